The molecule has 176 valence electrons. The third-order valence-corrected chi connectivity index (χ3v) is 6.72. The van der Waals surface area contributed by atoms with Crippen molar-refractivity contribution < 1.29 is 14.3 Å². The lowest BCUT2D eigenvalue weighted by molar-refractivity contribution is -0.124. The summed E-state index contributed by atoms with van der Waals surface area (Å²) in [6.07, 6.45) is 2.60. The van der Waals surface area contributed by atoms with E-state index in [1.54, 1.807) is 18.2 Å². The highest BCUT2D eigenvalue weighted by Crippen LogP contribution is 2.26. The summed E-state index contributed by atoms with van der Waals surface area (Å²) in [5, 5.41) is 6.67. The van der Waals surface area contributed by atoms with Crippen molar-refractivity contribution in [2.45, 2.75) is 25.3 Å². The molecule has 2 aromatic carbocycles. The first-order chi connectivity index (χ1) is 16.0. The molecule has 9 heteroatoms. The van der Waals surface area contributed by atoms with Gasteiger partial charge in [0.1, 0.15) is 0 Å². The lowest BCUT2D eigenvalue weighted by atomic mass is 10.0. The number of piperidine rings is 1. The lowest BCUT2D eigenvalue weighted by Crippen LogP contribution is -2.49. The van der Waals surface area contributed by atoms with Crippen LogP contribution in [0.15, 0.2) is 42.5 Å². The summed E-state index contributed by atoms with van der Waals surface area (Å²) in [4.78, 5) is 29.9. The molecule has 0 saturated carbocycles. The maximum absolute atomic E-state index is 12.9. The summed E-state index contributed by atoms with van der Waals surface area (Å²) in [6, 6.07) is 12.5. The summed E-state index contributed by atoms with van der Waals surface area (Å²) in [7, 11) is 0. The Morgan fingerprint density at radius 1 is 0.909 bits per heavy atom. The third-order valence-electron chi connectivity index (χ3n) is 5.98. The Labute approximate surface area is 204 Å². The summed E-state index contributed by atoms with van der Waals surface area (Å²) < 4.78 is 5.40. The van der Waals surface area contributed by atoms with Crippen molar-refractivity contribution in [3.8, 4) is 0 Å². The fourth-order valence-corrected chi connectivity index (χ4v) is 4.54. The molecule has 2 fully saturated rings. The fourth-order valence-electron chi connectivity index (χ4n) is 4.24. The third kappa shape index (κ3) is 6.38. The minimum atomic E-state index is -0.373. The van der Waals surface area contributed by atoms with Crippen LogP contribution in [-0.2, 0) is 14.3 Å². The lowest BCUT2D eigenvalue weighted by Gasteiger charge is -2.34. The number of ether oxygens (including phenoxy) is 1. The average molecular weight is 491 g/mol. The van der Waals surface area contributed by atoms with Crippen LogP contribution in [0.5, 0.6) is 0 Å². The SMILES string of the molecule is O=C(CN1CCCC[C@H]1C(=O)Nc1ccc(Cl)c(Cl)c1)Nc1ccc(N2CCOCC2)cc1. The van der Waals surface area contributed by atoms with E-state index in [1.807, 2.05) is 29.2 Å². The summed E-state index contributed by atoms with van der Waals surface area (Å²) in [5.41, 5.74) is 2.45. The van der Waals surface area contributed by atoms with E-state index < -0.39 is 0 Å². The van der Waals surface area contributed by atoms with Gasteiger partial charge in [0.15, 0.2) is 0 Å². The van der Waals surface area contributed by atoms with Gasteiger partial charge in [-0.25, -0.2) is 0 Å². The second kappa shape index (κ2) is 11.2. The maximum Gasteiger partial charge on any atom is 0.241 e. The Morgan fingerprint density at radius 3 is 2.36 bits per heavy atom. The minimum absolute atomic E-state index is 0.136. The molecule has 2 saturated heterocycles. The number of benzene rings is 2. The number of carbonyl (C=O) groups is 2. The number of hydrogen-bond acceptors (Lipinski definition) is 5. The van der Waals surface area contributed by atoms with Crippen molar-refractivity contribution >= 4 is 52.1 Å². The molecule has 0 spiro atoms. The topological polar surface area (TPSA) is 73.9 Å². The summed E-state index contributed by atoms with van der Waals surface area (Å²) in [5.74, 6) is -0.279. The number of amides is 2. The number of nitrogens with zero attached hydrogens (tertiary/aromatic N) is 2. The molecule has 2 N–H and O–H groups in total. The Bertz CT molecular complexity index is 980. The molecule has 2 heterocycles. The van der Waals surface area contributed by atoms with E-state index in [1.165, 1.54) is 0 Å². The largest absolute Gasteiger partial charge is 0.378 e. The van der Waals surface area contributed by atoms with Gasteiger partial charge in [0.2, 0.25) is 11.8 Å². The molecule has 4 rings (SSSR count). The van der Waals surface area contributed by atoms with Crippen LogP contribution >= 0.6 is 23.2 Å². The normalized spacial score (nSPS) is 19.2. The summed E-state index contributed by atoms with van der Waals surface area (Å²) in [6.45, 7) is 4.05. The predicted molar refractivity (Wildman–Crippen MR) is 132 cm³/mol. The van der Waals surface area contributed by atoms with Gasteiger partial charge in [0, 0.05) is 30.2 Å². The Hall–Kier alpha value is -2.32. The number of rotatable bonds is 6. The van der Waals surface area contributed by atoms with E-state index >= 15 is 0 Å². The van der Waals surface area contributed by atoms with Crippen LogP contribution < -0.4 is 15.5 Å². The molecule has 2 aromatic rings. The fraction of sp³-hybridized carbons (Fsp3) is 0.417. The van der Waals surface area contributed by atoms with E-state index in [2.05, 4.69) is 15.5 Å². The zero-order valence-electron chi connectivity index (χ0n) is 18.4. The van der Waals surface area contributed by atoms with Crippen molar-refractivity contribution in [2.24, 2.45) is 0 Å². The number of morpholine rings is 1. The van der Waals surface area contributed by atoms with Gasteiger partial charge in [-0.05, 0) is 61.9 Å². The van der Waals surface area contributed by atoms with Gasteiger partial charge >= 0.3 is 0 Å². The van der Waals surface area contributed by atoms with Crippen molar-refractivity contribution in [1.82, 2.24) is 4.90 Å². The molecule has 2 amide bonds. The molecule has 0 unspecified atom stereocenters. The standard InChI is InChI=1S/C24H28Cl2N4O3/c25-20-9-6-18(15-21(20)26)28-24(32)22-3-1-2-10-30(22)16-23(31)27-17-4-7-19(8-5-17)29-11-13-33-14-12-29/h4-9,15,22H,1-3,10-14,16H2,(H,27,31)(H,28,32)/t22-/m0/s1. The highest BCUT2D eigenvalue weighted by Gasteiger charge is 2.30. The second-order valence-corrected chi connectivity index (χ2v) is 9.11. The van der Waals surface area contributed by atoms with Gasteiger partial charge in [0.25, 0.3) is 0 Å². The number of halogens is 2. The van der Waals surface area contributed by atoms with E-state index in [9.17, 15) is 9.59 Å². The highest BCUT2D eigenvalue weighted by atomic mass is 35.5. The first kappa shape index (κ1) is 23.8. The van der Waals surface area contributed by atoms with Crippen molar-refractivity contribution in [2.75, 3.05) is 54.9 Å². The molecule has 2 aliphatic heterocycles. The van der Waals surface area contributed by atoms with E-state index in [-0.39, 0.29) is 24.4 Å². The zero-order chi connectivity index (χ0) is 23.2. The number of nitrogens with one attached hydrogen (secondary N) is 2. The smallest absolute Gasteiger partial charge is 0.241 e. The van der Waals surface area contributed by atoms with Crippen LogP contribution in [0.1, 0.15) is 19.3 Å². The number of anilines is 3. The van der Waals surface area contributed by atoms with Crippen molar-refractivity contribution in [3.63, 3.8) is 0 Å². The quantitative estimate of drug-likeness (QED) is 0.632. The van der Waals surface area contributed by atoms with Gasteiger partial charge in [-0.1, -0.05) is 29.6 Å². The molecule has 33 heavy (non-hydrogen) atoms. The van der Waals surface area contributed by atoms with Crippen LogP contribution in [-0.4, -0.2) is 62.1 Å². The zero-order valence-corrected chi connectivity index (χ0v) is 19.9. The molecule has 2 aliphatic rings. The van der Waals surface area contributed by atoms with Crippen LogP contribution in [0.4, 0.5) is 17.1 Å². The van der Waals surface area contributed by atoms with Crippen LogP contribution in [0.3, 0.4) is 0 Å². The maximum atomic E-state index is 12.9. The first-order valence-electron chi connectivity index (χ1n) is 11.2. The van der Waals surface area contributed by atoms with Gasteiger partial charge in [0.05, 0.1) is 35.8 Å². The number of likely N-dealkylation sites (tertiary alicyclic amines) is 1. The van der Waals surface area contributed by atoms with E-state index in [4.69, 9.17) is 27.9 Å². The van der Waals surface area contributed by atoms with Crippen LogP contribution in [0, 0.1) is 0 Å². The first-order valence-corrected chi connectivity index (χ1v) is 12.0. The Morgan fingerprint density at radius 2 is 1.64 bits per heavy atom. The van der Waals surface area contributed by atoms with Crippen LogP contribution in [0.2, 0.25) is 10.0 Å². The number of carbonyl (C=O) groups excluding carboxylic acids is 2. The molecule has 0 radical (unpaired) electrons. The summed E-state index contributed by atoms with van der Waals surface area (Å²) >= 11 is 12.0. The van der Waals surface area contributed by atoms with Gasteiger partial charge in [-0.2, -0.15) is 0 Å². The highest BCUT2D eigenvalue weighted by molar-refractivity contribution is 6.42. The molecule has 7 nitrogen and oxygen atoms in total. The molecule has 0 aromatic heterocycles. The minimum Gasteiger partial charge on any atom is -0.378 e. The second-order valence-electron chi connectivity index (χ2n) is 8.29. The van der Waals surface area contributed by atoms with E-state index in [0.29, 0.717) is 28.7 Å². The predicted octanol–water partition coefficient (Wildman–Crippen LogP) is 4.26. The van der Waals surface area contributed by atoms with E-state index in [0.717, 1.165) is 50.5 Å². The number of hydrogen-bond donors (Lipinski definition) is 2. The monoisotopic (exact) mass is 490 g/mol. The van der Waals surface area contributed by atoms with Gasteiger partial charge < -0.3 is 20.3 Å². The molecule has 0 aliphatic carbocycles. The molecule has 1 atom stereocenters. The Kier molecular flexibility index (Phi) is 8.09. The van der Waals surface area contributed by atoms with Crippen molar-refractivity contribution in [1.29, 1.82) is 0 Å². The van der Waals surface area contributed by atoms with Crippen molar-refractivity contribution in [3.05, 3.63) is 52.5 Å². The molecule has 0 bridgehead atoms. The molecular formula is C24H28Cl2N4O3. The molecular weight excluding hydrogens is 463 g/mol. The van der Waals surface area contributed by atoms with Gasteiger partial charge in [-0.3, -0.25) is 14.5 Å². The average Bonchev–Trinajstić information content (AvgIpc) is 2.83. The Balaban J connectivity index is 1.33. The van der Waals surface area contributed by atoms with Gasteiger partial charge in [-0.15, -0.1) is 0 Å². The van der Waals surface area contributed by atoms with Crippen LogP contribution in [0.25, 0.3) is 0 Å².